The van der Waals surface area contributed by atoms with Gasteiger partial charge in [-0.3, -0.25) is 4.79 Å². The van der Waals surface area contributed by atoms with Crippen LogP contribution in [0.3, 0.4) is 0 Å². The van der Waals surface area contributed by atoms with Gasteiger partial charge in [-0.2, -0.15) is 0 Å². The Hall–Kier alpha value is -1.10. The first-order valence-electron chi connectivity index (χ1n) is 8.77. The molecule has 1 aromatic rings. The molecule has 1 amide bonds. The topological polar surface area (TPSA) is 49.8 Å². The average molecular weight is 352 g/mol. The van der Waals surface area contributed by atoms with Gasteiger partial charge in [0, 0.05) is 31.0 Å². The van der Waals surface area contributed by atoms with E-state index in [1.165, 1.54) is 0 Å². The maximum Gasteiger partial charge on any atom is 0.222 e. The van der Waals surface area contributed by atoms with Gasteiger partial charge in [-0.25, -0.2) is 0 Å². The number of hydrogen-bond acceptors (Lipinski definition) is 3. The van der Waals surface area contributed by atoms with Gasteiger partial charge in [-0.1, -0.05) is 29.8 Å². The van der Waals surface area contributed by atoms with Crippen LogP contribution in [0.25, 0.3) is 0 Å². The van der Waals surface area contributed by atoms with E-state index in [1.807, 2.05) is 36.1 Å². The number of halogens is 1. The molecule has 0 bridgehead atoms. The van der Waals surface area contributed by atoms with Gasteiger partial charge in [0.2, 0.25) is 5.91 Å². The molecule has 0 aliphatic carbocycles. The number of aryl methyl sites for hydroxylation is 1. The highest BCUT2D eigenvalue weighted by atomic mass is 35.5. The van der Waals surface area contributed by atoms with E-state index >= 15 is 0 Å². The zero-order valence-corrected chi connectivity index (χ0v) is 15.0. The predicted molar refractivity (Wildman–Crippen MR) is 94.1 cm³/mol. The molecule has 2 fully saturated rings. The van der Waals surface area contributed by atoms with Crippen molar-refractivity contribution in [2.45, 2.75) is 56.7 Å². The molecule has 2 heterocycles. The minimum Gasteiger partial charge on any atom is -0.390 e. The predicted octanol–water partition coefficient (Wildman–Crippen LogP) is 3.20. The fourth-order valence-electron chi connectivity index (χ4n) is 3.91. The van der Waals surface area contributed by atoms with Crippen LogP contribution in [-0.2, 0) is 16.0 Å². The highest BCUT2D eigenvalue weighted by Gasteiger charge is 2.44. The Morgan fingerprint density at radius 3 is 2.67 bits per heavy atom. The van der Waals surface area contributed by atoms with Crippen molar-refractivity contribution in [3.63, 3.8) is 0 Å². The monoisotopic (exact) mass is 351 g/mol. The van der Waals surface area contributed by atoms with E-state index in [0.717, 1.165) is 23.4 Å². The second-order valence-corrected chi connectivity index (χ2v) is 7.83. The van der Waals surface area contributed by atoms with Gasteiger partial charge in [0.15, 0.2) is 0 Å². The van der Waals surface area contributed by atoms with E-state index in [1.54, 1.807) is 0 Å². The van der Waals surface area contributed by atoms with Crippen LogP contribution >= 0.6 is 11.6 Å². The Bertz CT molecular complexity index is 594. The molecule has 132 valence electrons. The summed E-state index contributed by atoms with van der Waals surface area (Å²) in [5.74, 6) is 0.173. The van der Waals surface area contributed by atoms with Crippen molar-refractivity contribution in [3.8, 4) is 0 Å². The van der Waals surface area contributed by atoms with Gasteiger partial charge in [0.25, 0.3) is 0 Å². The SMILES string of the molecule is CC1(O)CCOC2(CCN(C(=O)CCc3ccccc3Cl)CC2)C1. The first kappa shape index (κ1) is 17.7. The van der Waals surface area contributed by atoms with Crippen molar-refractivity contribution in [2.75, 3.05) is 19.7 Å². The molecule has 2 aliphatic heterocycles. The maximum absolute atomic E-state index is 12.5. The van der Waals surface area contributed by atoms with Crippen molar-refractivity contribution in [2.24, 2.45) is 0 Å². The van der Waals surface area contributed by atoms with E-state index in [2.05, 4.69) is 0 Å². The van der Waals surface area contributed by atoms with Crippen LogP contribution in [0.1, 0.15) is 44.6 Å². The third-order valence-corrected chi connectivity index (χ3v) is 5.71. The lowest BCUT2D eigenvalue weighted by Gasteiger charge is -2.48. The number of hydrogen-bond donors (Lipinski definition) is 1. The Morgan fingerprint density at radius 2 is 2.00 bits per heavy atom. The van der Waals surface area contributed by atoms with Crippen molar-refractivity contribution in [3.05, 3.63) is 34.9 Å². The van der Waals surface area contributed by atoms with Gasteiger partial charge in [-0.15, -0.1) is 0 Å². The van der Waals surface area contributed by atoms with Crippen molar-refractivity contribution >= 4 is 17.5 Å². The molecular weight excluding hydrogens is 326 g/mol. The highest BCUT2D eigenvalue weighted by molar-refractivity contribution is 6.31. The number of rotatable bonds is 3. The summed E-state index contributed by atoms with van der Waals surface area (Å²) in [5, 5.41) is 11.1. The Labute approximate surface area is 148 Å². The average Bonchev–Trinajstić information content (AvgIpc) is 2.53. The quantitative estimate of drug-likeness (QED) is 0.909. The zero-order valence-electron chi connectivity index (χ0n) is 14.3. The summed E-state index contributed by atoms with van der Waals surface area (Å²) in [6.45, 7) is 3.90. The molecule has 1 atom stereocenters. The molecule has 2 saturated heterocycles. The maximum atomic E-state index is 12.5. The second-order valence-electron chi connectivity index (χ2n) is 7.43. The lowest BCUT2D eigenvalue weighted by molar-refractivity contribution is -0.175. The van der Waals surface area contributed by atoms with Gasteiger partial charge in [0.1, 0.15) is 0 Å². The highest BCUT2D eigenvalue weighted by Crippen LogP contribution is 2.39. The van der Waals surface area contributed by atoms with Crippen LogP contribution in [0.15, 0.2) is 24.3 Å². The Morgan fingerprint density at radius 1 is 1.29 bits per heavy atom. The number of carbonyl (C=O) groups is 1. The fraction of sp³-hybridized carbons (Fsp3) is 0.632. The minimum absolute atomic E-state index is 0.173. The van der Waals surface area contributed by atoms with Crippen molar-refractivity contribution in [1.82, 2.24) is 4.90 Å². The molecule has 4 nitrogen and oxygen atoms in total. The second kappa shape index (κ2) is 7.03. The number of nitrogens with zero attached hydrogens (tertiary/aromatic N) is 1. The molecule has 2 aliphatic rings. The summed E-state index contributed by atoms with van der Waals surface area (Å²) in [6, 6.07) is 7.68. The molecule has 5 heteroatoms. The van der Waals surface area contributed by atoms with Crippen LogP contribution in [0.4, 0.5) is 0 Å². The molecular formula is C19H26ClNO3. The van der Waals surface area contributed by atoms with Gasteiger partial charge in [-0.05, 0) is 44.2 Å². The smallest absolute Gasteiger partial charge is 0.222 e. The lowest BCUT2D eigenvalue weighted by atomic mass is 9.78. The summed E-state index contributed by atoms with van der Waals surface area (Å²) in [6.07, 6.45) is 4.12. The van der Waals surface area contributed by atoms with Crippen LogP contribution in [-0.4, -0.2) is 46.8 Å². The number of aliphatic hydroxyl groups is 1. The molecule has 0 radical (unpaired) electrons. The molecule has 1 aromatic carbocycles. The Kier molecular flexibility index (Phi) is 5.19. The number of likely N-dealkylation sites (tertiary alicyclic amines) is 1. The van der Waals surface area contributed by atoms with Gasteiger partial charge in [0.05, 0.1) is 17.8 Å². The summed E-state index contributed by atoms with van der Waals surface area (Å²) >= 11 is 6.15. The fourth-order valence-corrected chi connectivity index (χ4v) is 4.14. The summed E-state index contributed by atoms with van der Waals surface area (Å²) < 4.78 is 6.00. The zero-order chi connectivity index (χ0) is 17.2. The normalized spacial score (nSPS) is 26.5. The first-order chi connectivity index (χ1) is 11.4. The summed E-state index contributed by atoms with van der Waals surface area (Å²) in [7, 11) is 0. The van der Waals surface area contributed by atoms with Crippen LogP contribution < -0.4 is 0 Å². The van der Waals surface area contributed by atoms with E-state index in [-0.39, 0.29) is 11.5 Å². The molecule has 0 saturated carbocycles. The van der Waals surface area contributed by atoms with Crippen LogP contribution in [0, 0.1) is 0 Å². The third kappa shape index (κ3) is 4.11. The molecule has 1 N–H and O–H groups in total. The number of benzene rings is 1. The minimum atomic E-state index is -0.644. The molecule has 1 unspecified atom stereocenters. The molecule has 24 heavy (non-hydrogen) atoms. The number of ether oxygens (including phenoxy) is 1. The molecule has 0 aromatic heterocycles. The van der Waals surface area contributed by atoms with Crippen molar-refractivity contribution < 1.29 is 14.6 Å². The number of amides is 1. The largest absolute Gasteiger partial charge is 0.390 e. The van der Waals surface area contributed by atoms with E-state index in [9.17, 15) is 9.90 Å². The number of carbonyl (C=O) groups excluding carboxylic acids is 1. The van der Waals surface area contributed by atoms with Gasteiger partial charge >= 0.3 is 0 Å². The number of piperidine rings is 1. The summed E-state index contributed by atoms with van der Waals surface area (Å²) in [5.41, 5.74) is 0.128. The van der Waals surface area contributed by atoms with Crippen LogP contribution in [0.5, 0.6) is 0 Å². The third-order valence-electron chi connectivity index (χ3n) is 5.35. The lowest BCUT2D eigenvalue weighted by Crippen LogP contribution is -2.54. The first-order valence-corrected chi connectivity index (χ1v) is 9.15. The van der Waals surface area contributed by atoms with Crippen LogP contribution in [0.2, 0.25) is 5.02 Å². The van der Waals surface area contributed by atoms with Gasteiger partial charge < -0.3 is 14.7 Å². The standard InChI is InChI=1S/C19H26ClNO3/c1-18(23)10-13-24-19(14-18)8-11-21(12-9-19)17(22)7-6-15-4-2-3-5-16(15)20/h2-5,23H,6-14H2,1H3. The van der Waals surface area contributed by atoms with E-state index in [0.29, 0.717) is 45.4 Å². The van der Waals surface area contributed by atoms with E-state index in [4.69, 9.17) is 16.3 Å². The molecule has 3 rings (SSSR count). The molecule has 1 spiro atoms. The Balaban J connectivity index is 1.51. The summed E-state index contributed by atoms with van der Waals surface area (Å²) in [4.78, 5) is 14.4. The van der Waals surface area contributed by atoms with Crippen molar-refractivity contribution in [1.29, 1.82) is 0 Å². The van der Waals surface area contributed by atoms with E-state index < -0.39 is 5.60 Å².